The van der Waals surface area contributed by atoms with E-state index < -0.39 is 10.0 Å². The molecular weight excluding hydrogens is 370 g/mol. The number of sulfonamides is 1. The van der Waals surface area contributed by atoms with Crippen LogP contribution in [-0.2, 0) is 14.8 Å². The molecule has 6 nitrogen and oxygen atoms in total. The van der Waals surface area contributed by atoms with E-state index in [-0.39, 0.29) is 22.8 Å². The maximum absolute atomic E-state index is 12.5. The number of rotatable bonds is 5. The summed E-state index contributed by atoms with van der Waals surface area (Å²) in [5, 5.41) is 3.43. The molecule has 138 valence electrons. The van der Waals surface area contributed by atoms with Crippen LogP contribution in [0.15, 0.2) is 35.2 Å². The number of nitrogens with one attached hydrogen (secondary N) is 2. The number of nitrogens with zero attached hydrogens (tertiary/aromatic N) is 1. The zero-order chi connectivity index (χ0) is 18.5. The van der Waals surface area contributed by atoms with Crippen molar-refractivity contribution in [2.75, 3.05) is 5.32 Å². The second kappa shape index (κ2) is 6.44. The van der Waals surface area contributed by atoms with Gasteiger partial charge < -0.3 is 5.32 Å². The molecule has 2 aliphatic rings. The molecule has 1 aromatic heterocycles. The summed E-state index contributed by atoms with van der Waals surface area (Å²) < 4.78 is 27.9. The Morgan fingerprint density at radius 3 is 2.73 bits per heavy atom. The van der Waals surface area contributed by atoms with Crippen LogP contribution < -0.4 is 10.0 Å². The summed E-state index contributed by atoms with van der Waals surface area (Å²) in [5.74, 6) is 0.902. The third kappa shape index (κ3) is 3.28. The summed E-state index contributed by atoms with van der Waals surface area (Å²) in [6, 6.07) is 4.64. The van der Waals surface area contributed by atoms with Crippen molar-refractivity contribution in [1.82, 2.24) is 9.71 Å². The van der Waals surface area contributed by atoms with Crippen molar-refractivity contribution in [3.63, 3.8) is 0 Å². The molecule has 3 atom stereocenters. The fraction of sp³-hybridized carbons (Fsp3) is 0.444. The van der Waals surface area contributed by atoms with Crippen LogP contribution in [0.4, 0.5) is 5.13 Å². The first-order valence-corrected chi connectivity index (χ1v) is 11.0. The molecule has 4 rings (SSSR count). The Bertz CT molecular complexity index is 994. The first-order valence-electron chi connectivity index (χ1n) is 8.74. The van der Waals surface area contributed by atoms with E-state index in [4.69, 9.17) is 0 Å². The lowest BCUT2D eigenvalue weighted by Gasteiger charge is -2.16. The average molecular weight is 392 g/mol. The predicted molar refractivity (Wildman–Crippen MR) is 103 cm³/mol. The summed E-state index contributed by atoms with van der Waals surface area (Å²) in [6.45, 7) is 3.56. The van der Waals surface area contributed by atoms with Crippen molar-refractivity contribution >= 4 is 42.6 Å². The Morgan fingerprint density at radius 1 is 1.27 bits per heavy atom. The number of carbonyl (C=O) groups is 1. The van der Waals surface area contributed by atoms with E-state index in [0.29, 0.717) is 22.5 Å². The third-order valence-corrected chi connectivity index (χ3v) is 7.50. The van der Waals surface area contributed by atoms with Gasteiger partial charge in [0, 0.05) is 12.0 Å². The van der Waals surface area contributed by atoms with Crippen LogP contribution in [0.1, 0.15) is 26.7 Å². The van der Waals surface area contributed by atoms with Gasteiger partial charge in [0.1, 0.15) is 0 Å². The summed E-state index contributed by atoms with van der Waals surface area (Å²) in [7, 11) is -3.55. The van der Waals surface area contributed by atoms with Crippen LogP contribution >= 0.6 is 11.3 Å². The van der Waals surface area contributed by atoms with Crippen molar-refractivity contribution in [3.8, 4) is 0 Å². The van der Waals surface area contributed by atoms with Crippen molar-refractivity contribution in [1.29, 1.82) is 0 Å². The van der Waals surface area contributed by atoms with Gasteiger partial charge in [-0.25, -0.2) is 18.1 Å². The Balaban J connectivity index is 1.54. The number of allylic oxidation sites excluding steroid dienone is 2. The molecule has 8 heteroatoms. The van der Waals surface area contributed by atoms with E-state index in [1.54, 1.807) is 32.0 Å². The Labute approximate surface area is 156 Å². The van der Waals surface area contributed by atoms with E-state index in [2.05, 4.69) is 27.2 Å². The van der Waals surface area contributed by atoms with Crippen molar-refractivity contribution < 1.29 is 13.2 Å². The van der Waals surface area contributed by atoms with Gasteiger partial charge in [-0.15, -0.1) is 0 Å². The Hall–Kier alpha value is -1.77. The lowest BCUT2D eigenvalue weighted by molar-refractivity contribution is -0.120. The molecule has 1 aromatic carbocycles. The van der Waals surface area contributed by atoms with Gasteiger partial charge in [0.05, 0.1) is 15.1 Å². The molecule has 1 heterocycles. The quantitative estimate of drug-likeness (QED) is 0.767. The first kappa shape index (κ1) is 17.6. The van der Waals surface area contributed by atoms with Crippen LogP contribution in [-0.4, -0.2) is 25.4 Å². The number of carbonyl (C=O) groups excluding carboxylic acids is 1. The molecule has 0 radical (unpaired) electrons. The first-order chi connectivity index (χ1) is 12.3. The summed E-state index contributed by atoms with van der Waals surface area (Å²) in [4.78, 5) is 17.2. The predicted octanol–water partition coefficient (Wildman–Crippen LogP) is 3.13. The maximum atomic E-state index is 12.5. The highest BCUT2D eigenvalue weighted by molar-refractivity contribution is 7.89. The summed E-state index contributed by atoms with van der Waals surface area (Å²) in [6.07, 6.45) is 6.33. The molecule has 26 heavy (non-hydrogen) atoms. The largest absolute Gasteiger partial charge is 0.302 e. The second-order valence-electron chi connectivity index (χ2n) is 7.30. The van der Waals surface area contributed by atoms with Crippen LogP contribution in [0.5, 0.6) is 0 Å². The minimum absolute atomic E-state index is 0.00947. The zero-order valence-corrected chi connectivity index (χ0v) is 16.2. The van der Waals surface area contributed by atoms with E-state index in [1.807, 2.05) is 0 Å². The Kier molecular flexibility index (Phi) is 4.37. The average Bonchev–Trinajstić information content (AvgIpc) is 3.27. The highest BCUT2D eigenvalue weighted by Gasteiger charge is 2.39. The lowest BCUT2D eigenvalue weighted by Crippen LogP contribution is -2.30. The molecular formula is C18H21N3O3S2. The monoisotopic (exact) mass is 391 g/mol. The minimum Gasteiger partial charge on any atom is -0.302 e. The third-order valence-electron chi connectivity index (χ3n) is 4.91. The summed E-state index contributed by atoms with van der Waals surface area (Å²) in [5.41, 5.74) is 0.682. The van der Waals surface area contributed by atoms with Gasteiger partial charge in [-0.05, 0) is 56.7 Å². The van der Waals surface area contributed by atoms with Gasteiger partial charge in [-0.2, -0.15) is 0 Å². The number of fused-ring (bicyclic) bond motifs is 3. The molecule has 2 bridgehead atoms. The topological polar surface area (TPSA) is 88.2 Å². The molecule has 1 saturated carbocycles. The number of aromatic nitrogens is 1. The zero-order valence-electron chi connectivity index (χ0n) is 14.6. The molecule has 0 aliphatic heterocycles. The van der Waals surface area contributed by atoms with Crippen LogP contribution in [0.2, 0.25) is 0 Å². The molecule has 0 unspecified atom stereocenters. The Morgan fingerprint density at radius 2 is 2.08 bits per heavy atom. The SMILES string of the molecule is CC(C)NS(=O)(=O)c1ccc2nc(NC(=O)[C@@H]3C[C@H]4C=C[C@H]3C4)sc2c1. The van der Waals surface area contributed by atoms with Gasteiger partial charge >= 0.3 is 0 Å². The number of anilines is 1. The van der Waals surface area contributed by atoms with E-state index in [0.717, 1.165) is 17.5 Å². The number of hydrogen-bond acceptors (Lipinski definition) is 5. The molecule has 1 fully saturated rings. The minimum atomic E-state index is -3.55. The standard InChI is InChI=1S/C18H21N3O3S2/c1-10(2)21-26(23,24)13-5-6-15-16(9-13)25-18(19-15)20-17(22)14-8-11-3-4-12(14)7-11/h3-6,9-12,14,21H,7-8H2,1-2H3,(H,19,20,22)/t11-,12-,14+/m0/s1. The second-order valence-corrected chi connectivity index (χ2v) is 10.0. The van der Waals surface area contributed by atoms with Crippen LogP contribution in [0.3, 0.4) is 0 Å². The van der Waals surface area contributed by atoms with Gasteiger partial charge in [0.25, 0.3) is 0 Å². The highest BCUT2D eigenvalue weighted by atomic mass is 32.2. The fourth-order valence-electron chi connectivity index (χ4n) is 3.78. The van der Waals surface area contributed by atoms with Gasteiger partial charge in [-0.1, -0.05) is 23.5 Å². The number of thiazole rings is 1. The molecule has 0 spiro atoms. The van der Waals surface area contributed by atoms with Gasteiger partial charge in [-0.3, -0.25) is 4.79 Å². The van der Waals surface area contributed by atoms with E-state index in [1.165, 1.54) is 11.3 Å². The van der Waals surface area contributed by atoms with Crippen LogP contribution in [0.25, 0.3) is 10.2 Å². The molecule has 2 aromatic rings. The molecule has 1 amide bonds. The van der Waals surface area contributed by atoms with Gasteiger partial charge in [0.2, 0.25) is 15.9 Å². The summed E-state index contributed by atoms with van der Waals surface area (Å²) >= 11 is 1.30. The van der Waals surface area contributed by atoms with E-state index in [9.17, 15) is 13.2 Å². The van der Waals surface area contributed by atoms with Crippen LogP contribution in [0, 0.1) is 17.8 Å². The number of benzene rings is 1. The maximum Gasteiger partial charge on any atom is 0.240 e. The molecule has 2 N–H and O–H groups in total. The van der Waals surface area contributed by atoms with Crippen molar-refractivity contribution in [2.24, 2.45) is 17.8 Å². The normalized spacial score (nSPS) is 24.7. The molecule has 2 aliphatic carbocycles. The number of hydrogen-bond donors (Lipinski definition) is 2. The molecule has 0 saturated heterocycles. The van der Waals surface area contributed by atoms with Gasteiger partial charge in [0.15, 0.2) is 5.13 Å². The highest BCUT2D eigenvalue weighted by Crippen LogP contribution is 2.44. The van der Waals surface area contributed by atoms with Crippen molar-refractivity contribution in [2.45, 2.75) is 37.6 Å². The van der Waals surface area contributed by atoms with E-state index >= 15 is 0 Å². The number of amides is 1. The smallest absolute Gasteiger partial charge is 0.240 e. The lowest BCUT2D eigenvalue weighted by atomic mass is 9.93. The van der Waals surface area contributed by atoms with Crippen molar-refractivity contribution in [3.05, 3.63) is 30.4 Å². The fourth-order valence-corrected chi connectivity index (χ4v) is 6.04.